The highest BCUT2D eigenvalue weighted by atomic mass is 32.2. The molecule has 2 aromatic carbocycles. The van der Waals surface area contributed by atoms with Crippen LogP contribution in [0, 0.1) is 25.5 Å². The van der Waals surface area contributed by atoms with E-state index in [9.17, 15) is 26.8 Å². The highest BCUT2D eigenvalue weighted by molar-refractivity contribution is 7.90. The third kappa shape index (κ3) is 5.11. The molecule has 0 bridgehead atoms. The third-order valence-corrected chi connectivity index (χ3v) is 8.93. The van der Waals surface area contributed by atoms with Crippen molar-refractivity contribution < 1.29 is 26.8 Å². The molecule has 2 aliphatic heterocycles. The number of nitrogens with zero attached hydrogens (tertiary/aromatic N) is 2. The summed E-state index contributed by atoms with van der Waals surface area (Å²) in [6.07, 6.45) is 1.61. The Bertz CT molecular complexity index is 1640. The molecule has 1 fully saturated rings. The lowest BCUT2D eigenvalue weighted by molar-refractivity contribution is -0.110. The third-order valence-electron chi connectivity index (χ3n) is 7.26. The van der Waals surface area contributed by atoms with Crippen molar-refractivity contribution in [3.8, 4) is 0 Å². The van der Waals surface area contributed by atoms with Gasteiger partial charge in [-0.1, -0.05) is 6.07 Å². The molecule has 2 aliphatic rings. The highest BCUT2D eigenvalue weighted by Gasteiger charge is 2.29. The van der Waals surface area contributed by atoms with Gasteiger partial charge in [0.15, 0.2) is 9.84 Å². The number of carbonyl (C=O) groups excluding carboxylic acids is 2. The Morgan fingerprint density at radius 3 is 2.46 bits per heavy atom. The number of nitrogens with one attached hydrogen (secondary N) is 2. The molecule has 2 N–H and O–H groups in total. The number of carbonyl (C=O) groups is 2. The van der Waals surface area contributed by atoms with E-state index in [0.717, 1.165) is 25.2 Å². The minimum absolute atomic E-state index is 0.0725. The standard InChI is InChI=1S/C28H28F2N4O4S/c1-16-25(31-17(2)26(16)28(36)34-10-8-33(3)9-11-34)14-22-21-13-20(6-7-24(21)32-27(22)35)39(37,38)15-18-4-5-19(29)12-23(18)30/h4-7,12-14,31H,8-11,15H2,1-3H3,(H,32,35)/b22-14-. The van der Waals surface area contributed by atoms with Gasteiger partial charge in [-0.3, -0.25) is 9.59 Å². The monoisotopic (exact) mass is 554 g/mol. The van der Waals surface area contributed by atoms with Crippen molar-refractivity contribution in [3.05, 3.63) is 81.7 Å². The van der Waals surface area contributed by atoms with Crippen LogP contribution in [-0.4, -0.2) is 68.2 Å². The van der Waals surface area contributed by atoms with Gasteiger partial charge < -0.3 is 20.1 Å². The number of H-pyrrole nitrogens is 1. The van der Waals surface area contributed by atoms with Gasteiger partial charge in [0.1, 0.15) is 11.6 Å². The first-order valence-electron chi connectivity index (χ1n) is 12.5. The van der Waals surface area contributed by atoms with Crippen LogP contribution in [0.15, 0.2) is 41.3 Å². The number of hydrogen-bond donors (Lipinski definition) is 2. The van der Waals surface area contributed by atoms with Gasteiger partial charge in [-0.15, -0.1) is 0 Å². The maximum absolute atomic E-state index is 14.1. The van der Waals surface area contributed by atoms with Gasteiger partial charge in [0.2, 0.25) is 0 Å². The number of rotatable bonds is 5. The molecule has 0 radical (unpaired) electrons. The zero-order valence-electron chi connectivity index (χ0n) is 21.8. The first-order valence-corrected chi connectivity index (χ1v) is 14.1. The second kappa shape index (κ2) is 10.0. The normalized spacial score (nSPS) is 17.0. The molecule has 0 atom stereocenters. The summed E-state index contributed by atoms with van der Waals surface area (Å²) in [5.74, 6) is -2.89. The molecular weight excluding hydrogens is 526 g/mol. The van der Waals surface area contributed by atoms with Crippen molar-refractivity contribution in [2.75, 3.05) is 38.5 Å². The van der Waals surface area contributed by atoms with E-state index >= 15 is 0 Å². The number of likely N-dealkylation sites (N-methyl/N-ethyl adjacent to an activating group) is 1. The number of sulfone groups is 1. The molecule has 3 heterocycles. The molecule has 3 aromatic rings. The Balaban J connectivity index is 1.47. The van der Waals surface area contributed by atoms with Gasteiger partial charge in [-0.25, -0.2) is 17.2 Å². The molecule has 5 rings (SSSR count). The number of hydrogen-bond acceptors (Lipinski definition) is 5. The SMILES string of the molecule is Cc1[nH]c(/C=C2\C(=O)Nc3ccc(S(=O)(=O)Cc4ccc(F)cc4F)cc32)c(C)c1C(=O)N1CCN(C)CC1. The molecule has 0 saturated carbocycles. The number of halogens is 2. The summed E-state index contributed by atoms with van der Waals surface area (Å²) in [6.45, 7) is 6.46. The molecule has 1 saturated heterocycles. The number of aromatic amines is 1. The van der Waals surface area contributed by atoms with Crippen molar-refractivity contribution in [1.82, 2.24) is 14.8 Å². The zero-order valence-corrected chi connectivity index (χ0v) is 22.6. The maximum atomic E-state index is 14.1. The summed E-state index contributed by atoms with van der Waals surface area (Å²) in [5.41, 5.74) is 3.40. The maximum Gasteiger partial charge on any atom is 0.256 e. The average Bonchev–Trinajstić information content (AvgIpc) is 3.34. The van der Waals surface area contributed by atoms with E-state index in [1.165, 1.54) is 18.2 Å². The van der Waals surface area contributed by atoms with Crippen molar-refractivity contribution in [2.45, 2.75) is 24.5 Å². The minimum atomic E-state index is -4.01. The Labute approximate surface area is 225 Å². The first kappa shape index (κ1) is 26.8. The van der Waals surface area contributed by atoms with Crippen molar-refractivity contribution in [2.24, 2.45) is 0 Å². The molecule has 11 heteroatoms. The topological polar surface area (TPSA) is 103 Å². The number of aryl methyl sites for hydroxylation is 1. The highest BCUT2D eigenvalue weighted by Crippen LogP contribution is 2.36. The fraction of sp³-hybridized carbons (Fsp3) is 0.286. The summed E-state index contributed by atoms with van der Waals surface area (Å²) in [5, 5.41) is 2.73. The van der Waals surface area contributed by atoms with Gasteiger partial charge in [-0.2, -0.15) is 0 Å². The number of piperazine rings is 1. The second-order valence-electron chi connectivity index (χ2n) is 9.97. The smallest absolute Gasteiger partial charge is 0.256 e. The summed E-state index contributed by atoms with van der Waals surface area (Å²) in [4.78, 5) is 33.2. The zero-order chi connectivity index (χ0) is 28.1. The van der Waals surface area contributed by atoms with Crippen LogP contribution in [0.25, 0.3) is 11.6 Å². The second-order valence-corrected chi connectivity index (χ2v) is 12.0. The van der Waals surface area contributed by atoms with Crippen molar-refractivity contribution in [3.63, 3.8) is 0 Å². The predicted octanol–water partition coefficient (Wildman–Crippen LogP) is 3.76. The number of fused-ring (bicyclic) bond motifs is 1. The largest absolute Gasteiger partial charge is 0.358 e. The van der Waals surface area contributed by atoms with E-state index in [4.69, 9.17) is 0 Å². The summed E-state index contributed by atoms with van der Waals surface area (Å²) in [6, 6.07) is 6.94. The van der Waals surface area contributed by atoms with E-state index in [0.29, 0.717) is 52.9 Å². The van der Waals surface area contributed by atoms with Crippen molar-refractivity contribution >= 4 is 39.0 Å². The molecule has 0 aliphatic carbocycles. The van der Waals surface area contributed by atoms with Gasteiger partial charge in [-0.05, 0) is 56.8 Å². The number of amides is 2. The first-order chi connectivity index (χ1) is 18.4. The molecular formula is C28H28F2N4O4S. The Kier molecular flexibility index (Phi) is 6.90. The van der Waals surface area contributed by atoms with Crippen LogP contribution in [0.5, 0.6) is 0 Å². The fourth-order valence-corrected chi connectivity index (χ4v) is 6.37. The van der Waals surface area contributed by atoms with Gasteiger partial charge in [0.25, 0.3) is 11.8 Å². The molecule has 39 heavy (non-hydrogen) atoms. The quantitative estimate of drug-likeness (QED) is 0.468. The van der Waals surface area contributed by atoms with Crippen LogP contribution in [0.3, 0.4) is 0 Å². The van der Waals surface area contributed by atoms with E-state index in [1.807, 2.05) is 18.9 Å². The van der Waals surface area contributed by atoms with Crippen LogP contribution in [0.4, 0.5) is 14.5 Å². The molecule has 1 aromatic heterocycles. The lowest BCUT2D eigenvalue weighted by atomic mass is 10.0. The van der Waals surface area contributed by atoms with Crippen molar-refractivity contribution in [1.29, 1.82) is 0 Å². The van der Waals surface area contributed by atoms with E-state index in [2.05, 4.69) is 15.2 Å². The minimum Gasteiger partial charge on any atom is -0.358 e. The Hall–Kier alpha value is -3.83. The number of anilines is 1. The van der Waals surface area contributed by atoms with E-state index < -0.39 is 33.1 Å². The molecule has 8 nitrogen and oxygen atoms in total. The van der Waals surface area contributed by atoms with Crippen LogP contribution >= 0.6 is 0 Å². The Morgan fingerprint density at radius 2 is 1.77 bits per heavy atom. The van der Waals surface area contributed by atoms with Gasteiger partial charge >= 0.3 is 0 Å². The summed E-state index contributed by atoms with van der Waals surface area (Å²) in [7, 11) is -2.00. The molecule has 0 spiro atoms. The molecule has 2 amide bonds. The predicted molar refractivity (Wildman–Crippen MR) is 144 cm³/mol. The van der Waals surface area contributed by atoms with Gasteiger partial charge in [0.05, 0.1) is 21.8 Å². The van der Waals surface area contributed by atoms with Crippen LogP contribution < -0.4 is 5.32 Å². The number of benzene rings is 2. The van der Waals surface area contributed by atoms with Crippen LogP contribution in [-0.2, 0) is 20.4 Å². The molecule has 204 valence electrons. The molecule has 0 unspecified atom stereocenters. The van der Waals surface area contributed by atoms with Gasteiger partial charge in [0, 0.05) is 60.4 Å². The number of aromatic nitrogens is 1. The lowest BCUT2D eigenvalue weighted by Gasteiger charge is -2.32. The Morgan fingerprint density at radius 1 is 1.05 bits per heavy atom. The average molecular weight is 555 g/mol. The fourth-order valence-electron chi connectivity index (χ4n) is 4.98. The summed E-state index contributed by atoms with van der Waals surface area (Å²) >= 11 is 0. The van der Waals surface area contributed by atoms with Crippen LogP contribution in [0.1, 0.15) is 38.4 Å². The van der Waals surface area contributed by atoms with E-state index in [-0.39, 0.29) is 21.9 Å². The lowest BCUT2D eigenvalue weighted by Crippen LogP contribution is -2.47. The summed E-state index contributed by atoms with van der Waals surface area (Å²) < 4.78 is 53.6. The van der Waals surface area contributed by atoms with E-state index in [1.54, 1.807) is 13.0 Å². The van der Waals surface area contributed by atoms with Crippen LogP contribution in [0.2, 0.25) is 0 Å².